The molecular weight excluding hydrogens is 370 g/mol. The van der Waals surface area contributed by atoms with E-state index in [0.29, 0.717) is 30.9 Å². The van der Waals surface area contributed by atoms with Gasteiger partial charge in [0.25, 0.3) is 5.91 Å². The molecule has 1 amide bonds. The number of rotatable bonds is 4. The lowest BCUT2D eigenvalue weighted by molar-refractivity contribution is -0.155. The van der Waals surface area contributed by atoms with Gasteiger partial charge in [-0.25, -0.2) is 0 Å². The van der Waals surface area contributed by atoms with Crippen LogP contribution in [-0.2, 0) is 27.3 Å². The van der Waals surface area contributed by atoms with Crippen LogP contribution in [0.25, 0.3) is 0 Å². The van der Waals surface area contributed by atoms with E-state index >= 15 is 0 Å². The first-order chi connectivity index (χ1) is 14.2. The molecular formula is C23H23NO5. The Morgan fingerprint density at radius 3 is 2.79 bits per heavy atom. The van der Waals surface area contributed by atoms with E-state index in [1.807, 2.05) is 35.2 Å². The maximum atomic E-state index is 13.5. The fourth-order valence-corrected chi connectivity index (χ4v) is 4.58. The van der Waals surface area contributed by atoms with Crippen molar-refractivity contribution >= 4 is 11.9 Å². The van der Waals surface area contributed by atoms with Crippen LogP contribution in [0.3, 0.4) is 0 Å². The van der Waals surface area contributed by atoms with Gasteiger partial charge in [-0.05, 0) is 36.5 Å². The topological polar surface area (TPSA) is 65.1 Å². The first-order valence-electron chi connectivity index (χ1n) is 10.2. The minimum Gasteiger partial charge on any atom is -0.454 e. The number of hydrogen-bond donors (Lipinski definition) is 0. The second-order valence-electron chi connectivity index (χ2n) is 7.74. The van der Waals surface area contributed by atoms with Gasteiger partial charge < -0.3 is 19.1 Å². The number of fused-ring (bicyclic) bond motifs is 2. The Balaban J connectivity index is 1.51. The molecule has 0 N–H and O–H groups in total. The quantitative estimate of drug-likeness (QED) is 0.744. The maximum absolute atomic E-state index is 13.5. The first-order valence-corrected chi connectivity index (χ1v) is 10.2. The van der Waals surface area contributed by atoms with Crippen LogP contribution >= 0.6 is 0 Å². The van der Waals surface area contributed by atoms with Crippen molar-refractivity contribution in [3.05, 3.63) is 59.2 Å². The summed E-state index contributed by atoms with van der Waals surface area (Å²) in [6.07, 6.45) is 2.95. The number of cyclic esters (lactones) is 1. The molecule has 5 rings (SSSR count). The molecule has 29 heavy (non-hydrogen) atoms. The largest absolute Gasteiger partial charge is 0.454 e. The molecule has 0 saturated carbocycles. The summed E-state index contributed by atoms with van der Waals surface area (Å²) in [4.78, 5) is 27.0. The van der Waals surface area contributed by atoms with E-state index in [2.05, 4.69) is 12.1 Å². The Hall–Kier alpha value is -3.02. The van der Waals surface area contributed by atoms with Gasteiger partial charge in [-0.3, -0.25) is 9.59 Å². The van der Waals surface area contributed by atoms with Gasteiger partial charge in [0, 0.05) is 18.4 Å². The van der Waals surface area contributed by atoms with Crippen molar-refractivity contribution in [3.8, 4) is 11.5 Å². The number of esters is 1. The molecule has 0 radical (unpaired) electrons. The zero-order chi connectivity index (χ0) is 19.8. The summed E-state index contributed by atoms with van der Waals surface area (Å²) in [5.41, 5.74) is 3.37. The van der Waals surface area contributed by atoms with Crippen LogP contribution < -0.4 is 9.47 Å². The molecule has 2 atom stereocenters. The highest BCUT2D eigenvalue weighted by atomic mass is 16.7. The number of hydrogen-bond acceptors (Lipinski definition) is 5. The van der Waals surface area contributed by atoms with E-state index in [9.17, 15) is 9.59 Å². The zero-order valence-corrected chi connectivity index (χ0v) is 16.1. The standard InChI is InChI=1S/C23H23NO5/c25-21-12-11-20(29-21)23(26)24(13-16-7-4-10-19-22(16)28-14-27-19)18-9-3-6-15-5-1-2-8-17(15)18/h1-2,4-5,7-8,10,18,20H,3,6,9,11-14H2/t18-,20+/m1/s1. The third-order valence-corrected chi connectivity index (χ3v) is 5.98. The highest BCUT2D eigenvalue weighted by Gasteiger charge is 2.38. The van der Waals surface area contributed by atoms with Gasteiger partial charge in [0.15, 0.2) is 17.6 Å². The third-order valence-electron chi connectivity index (χ3n) is 5.98. The first kappa shape index (κ1) is 18.0. The van der Waals surface area contributed by atoms with Gasteiger partial charge >= 0.3 is 5.97 Å². The second-order valence-corrected chi connectivity index (χ2v) is 7.74. The van der Waals surface area contributed by atoms with Crippen LogP contribution in [0.4, 0.5) is 0 Å². The van der Waals surface area contributed by atoms with Crippen molar-refractivity contribution < 1.29 is 23.8 Å². The fraction of sp³-hybridized carbons (Fsp3) is 0.391. The van der Waals surface area contributed by atoms with Crippen LogP contribution in [0.2, 0.25) is 0 Å². The van der Waals surface area contributed by atoms with Gasteiger partial charge in [-0.1, -0.05) is 36.4 Å². The average Bonchev–Trinajstić information content (AvgIpc) is 3.40. The van der Waals surface area contributed by atoms with Crippen molar-refractivity contribution in [1.29, 1.82) is 0 Å². The number of para-hydroxylation sites is 1. The minimum atomic E-state index is -0.703. The van der Waals surface area contributed by atoms with Crippen LogP contribution in [0.1, 0.15) is 48.4 Å². The normalized spacial score (nSPS) is 22.1. The zero-order valence-electron chi connectivity index (χ0n) is 16.1. The van der Waals surface area contributed by atoms with Crippen molar-refractivity contribution in [1.82, 2.24) is 4.90 Å². The lowest BCUT2D eigenvalue weighted by Crippen LogP contribution is -2.42. The molecule has 2 heterocycles. The molecule has 1 aliphatic carbocycles. The predicted molar refractivity (Wildman–Crippen MR) is 104 cm³/mol. The number of ether oxygens (including phenoxy) is 3. The molecule has 1 fully saturated rings. The average molecular weight is 393 g/mol. The summed E-state index contributed by atoms with van der Waals surface area (Å²) >= 11 is 0. The lowest BCUT2D eigenvalue weighted by atomic mass is 9.86. The van der Waals surface area contributed by atoms with Gasteiger partial charge in [-0.15, -0.1) is 0 Å². The highest BCUT2D eigenvalue weighted by molar-refractivity contribution is 5.87. The number of carbonyl (C=O) groups excluding carboxylic acids is 2. The molecule has 6 heteroatoms. The number of carbonyl (C=O) groups is 2. The summed E-state index contributed by atoms with van der Waals surface area (Å²) in [6, 6.07) is 14.0. The van der Waals surface area contributed by atoms with Gasteiger partial charge in [-0.2, -0.15) is 0 Å². The number of amides is 1. The Kier molecular flexibility index (Phi) is 4.62. The van der Waals surface area contributed by atoms with Gasteiger partial charge in [0.1, 0.15) is 0 Å². The molecule has 2 aromatic carbocycles. The van der Waals surface area contributed by atoms with Crippen molar-refractivity contribution in [2.45, 2.75) is 50.8 Å². The lowest BCUT2D eigenvalue weighted by Gasteiger charge is -2.37. The van der Waals surface area contributed by atoms with Gasteiger partial charge in [0.05, 0.1) is 12.6 Å². The van der Waals surface area contributed by atoms with Crippen LogP contribution in [0.5, 0.6) is 11.5 Å². The Morgan fingerprint density at radius 1 is 1.03 bits per heavy atom. The third kappa shape index (κ3) is 3.33. The fourth-order valence-electron chi connectivity index (χ4n) is 4.58. The summed E-state index contributed by atoms with van der Waals surface area (Å²) in [6.45, 7) is 0.575. The van der Waals surface area contributed by atoms with E-state index in [-0.39, 0.29) is 24.7 Å². The van der Waals surface area contributed by atoms with E-state index in [1.54, 1.807) is 0 Å². The monoisotopic (exact) mass is 393 g/mol. The smallest absolute Gasteiger partial charge is 0.306 e. The SMILES string of the molecule is O=C1CC[C@@H](C(=O)N(Cc2cccc3c2OCO3)[C@@H]2CCCc3ccccc32)O1. The molecule has 2 aliphatic heterocycles. The Morgan fingerprint density at radius 2 is 1.93 bits per heavy atom. The number of nitrogens with zero attached hydrogens (tertiary/aromatic N) is 1. The van der Waals surface area contributed by atoms with Gasteiger partial charge in [0.2, 0.25) is 6.79 Å². The molecule has 0 spiro atoms. The van der Waals surface area contributed by atoms with Crippen molar-refractivity contribution in [2.75, 3.05) is 6.79 Å². The molecule has 150 valence electrons. The Labute approximate surface area is 169 Å². The van der Waals surface area contributed by atoms with E-state index < -0.39 is 6.10 Å². The van der Waals surface area contributed by atoms with Crippen LogP contribution in [0, 0.1) is 0 Å². The molecule has 0 unspecified atom stereocenters. The predicted octanol–water partition coefficient (Wildman–Crippen LogP) is 3.53. The van der Waals surface area contributed by atoms with Crippen LogP contribution in [0.15, 0.2) is 42.5 Å². The molecule has 6 nitrogen and oxygen atoms in total. The van der Waals surface area contributed by atoms with E-state index in [0.717, 1.165) is 24.8 Å². The highest BCUT2D eigenvalue weighted by Crippen LogP contribution is 2.40. The second kappa shape index (κ2) is 7.43. The maximum Gasteiger partial charge on any atom is 0.306 e. The Bertz CT molecular complexity index is 956. The van der Waals surface area contributed by atoms with Crippen molar-refractivity contribution in [3.63, 3.8) is 0 Å². The van der Waals surface area contributed by atoms with Crippen molar-refractivity contribution in [2.24, 2.45) is 0 Å². The summed E-state index contributed by atoms with van der Waals surface area (Å²) in [5, 5.41) is 0. The van der Waals surface area contributed by atoms with E-state index in [1.165, 1.54) is 11.1 Å². The minimum absolute atomic E-state index is 0.0510. The summed E-state index contributed by atoms with van der Waals surface area (Å²) in [5.74, 6) is 0.961. The van der Waals surface area contributed by atoms with E-state index in [4.69, 9.17) is 14.2 Å². The molecule has 2 aromatic rings. The molecule has 0 bridgehead atoms. The van der Waals surface area contributed by atoms with Crippen LogP contribution in [-0.4, -0.2) is 29.7 Å². The molecule has 3 aliphatic rings. The molecule has 1 saturated heterocycles. The number of benzene rings is 2. The molecule has 0 aromatic heterocycles. The summed E-state index contributed by atoms with van der Waals surface area (Å²) in [7, 11) is 0. The summed E-state index contributed by atoms with van der Waals surface area (Å²) < 4.78 is 16.5. The number of aryl methyl sites for hydroxylation is 1.